The van der Waals surface area contributed by atoms with Crippen molar-refractivity contribution in [3.8, 4) is 0 Å². The first-order chi connectivity index (χ1) is 6.29. The van der Waals surface area contributed by atoms with Crippen LogP contribution in [0.3, 0.4) is 0 Å². The van der Waals surface area contributed by atoms with Gasteiger partial charge in [0.15, 0.2) is 5.79 Å². The molecule has 0 saturated carbocycles. The Kier molecular flexibility index (Phi) is 3.46. The summed E-state index contributed by atoms with van der Waals surface area (Å²) in [6.45, 7) is 0.557. The van der Waals surface area contributed by atoms with Gasteiger partial charge in [-0.25, -0.2) is 0 Å². The van der Waals surface area contributed by atoms with Gasteiger partial charge in [-0.2, -0.15) is 0 Å². The summed E-state index contributed by atoms with van der Waals surface area (Å²) in [6.07, 6.45) is 5.86. The van der Waals surface area contributed by atoms with Gasteiger partial charge in [0.25, 0.3) is 0 Å². The third-order valence-electron chi connectivity index (χ3n) is 2.55. The molecular formula is C9H16O2S2. The van der Waals surface area contributed by atoms with Gasteiger partial charge in [-0.05, 0) is 19.3 Å². The number of ether oxygens (including phenoxy) is 1. The number of unbranched alkanes of at least 4 members (excludes halogenated alkanes) is 1. The van der Waals surface area contributed by atoms with Crippen molar-refractivity contribution in [2.45, 2.75) is 43.1 Å². The lowest BCUT2D eigenvalue weighted by Crippen LogP contribution is -2.08. The Morgan fingerprint density at radius 2 is 2.31 bits per heavy atom. The molecule has 2 heterocycles. The first-order valence-electron chi connectivity index (χ1n) is 4.93. The predicted molar refractivity (Wildman–Crippen MR) is 57.8 cm³/mol. The van der Waals surface area contributed by atoms with E-state index in [0.29, 0.717) is 6.61 Å². The summed E-state index contributed by atoms with van der Waals surface area (Å²) >= 11 is 0. The van der Waals surface area contributed by atoms with Crippen molar-refractivity contribution >= 4 is 21.6 Å². The monoisotopic (exact) mass is 220 g/mol. The molecule has 2 fully saturated rings. The molecule has 2 unspecified atom stereocenters. The third kappa shape index (κ3) is 3.35. The fourth-order valence-electron chi connectivity index (χ4n) is 1.57. The first-order valence-corrected chi connectivity index (χ1v) is 7.31. The SMILES string of the molecule is OC1(CCCCC2CCSS2)CO1. The van der Waals surface area contributed by atoms with Gasteiger partial charge in [0.2, 0.25) is 0 Å². The molecule has 2 saturated heterocycles. The summed E-state index contributed by atoms with van der Waals surface area (Å²) in [5.74, 6) is 0.611. The van der Waals surface area contributed by atoms with Gasteiger partial charge in [0.05, 0.1) is 0 Å². The van der Waals surface area contributed by atoms with Crippen LogP contribution in [0.4, 0.5) is 0 Å². The van der Waals surface area contributed by atoms with E-state index in [-0.39, 0.29) is 0 Å². The van der Waals surface area contributed by atoms with Crippen LogP contribution in [0.15, 0.2) is 0 Å². The zero-order valence-electron chi connectivity index (χ0n) is 7.70. The maximum absolute atomic E-state index is 9.39. The van der Waals surface area contributed by atoms with Gasteiger partial charge >= 0.3 is 0 Å². The van der Waals surface area contributed by atoms with E-state index in [4.69, 9.17) is 4.74 Å². The minimum atomic E-state index is -0.711. The number of aliphatic hydroxyl groups is 1. The van der Waals surface area contributed by atoms with Crippen LogP contribution < -0.4 is 0 Å². The van der Waals surface area contributed by atoms with E-state index >= 15 is 0 Å². The summed E-state index contributed by atoms with van der Waals surface area (Å²) in [5, 5.41) is 10.3. The first kappa shape index (κ1) is 10.1. The maximum atomic E-state index is 9.39. The molecule has 0 aromatic carbocycles. The largest absolute Gasteiger partial charge is 0.364 e. The fourth-order valence-corrected chi connectivity index (χ4v) is 4.59. The van der Waals surface area contributed by atoms with E-state index in [2.05, 4.69) is 0 Å². The highest BCUT2D eigenvalue weighted by molar-refractivity contribution is 8.77. The van der Waals surface area contributed by atoms with E-state index in [1.807, 2.05) is 21.6 Å². The van der Waals surface area contributed by atoms with Crippen molar-refractivity contribution in [2.75, 3.05) is 12.4 Å². The molecule has 0 spiro atoms. The Labute approximate surface area is 87.2 Å². The highest BCUT2D eigenvalue weighted by atomic mass is 33.1. The van der Waals surface area contributed by atoms with E-state index in [0.717, 1.165) is 18.1 Å². The Morgan fingerprint density at radius 1 is 1.46 bits per heavy atom. The van der Waals surface area contributed by atoms with Crippen LogP contribution >= 0.6 is 21.6 Å². The number of rotatable bonds is 5. The Morgan fingerprint density at radius 3 is 2.92 bits per heavy atom. The molecule has 0 amide bonds. The van der Waals surface area contributed by atoms with E-state index in [9.17, 15) is 5.11 Å². The quantitative estimate of drug-likeness (QED) is 0.438. The smallest absolute Gasteiger partial charge is 0.189 e. The topological polar surface area (TPSA) is 32.8 Å². The number of epoxide rings is 1. The van der Waals surface area contributed by atoms with E-state index in [1.165, 1.54) is 25.0 Å². The Hall–Kier alpha value is 0.620. The number of hydrogen-bond donors (Lipinski definition) is 1. The highest BCUT2D eigenvalue weighted by Crippen LogP contribution is 2.40. The molecule has 2 aliphatic rings. The molecule has 76 valence electrons. The van der Waals surface area contributed by atoms with Crippen LogP contribution in [0.5, 0.6) is 0 Å². The van der Waals surface area contributed by atoms with Gasteiger partial charge in [0, 0.05) is 17.4 Å². The summed E-state index contributed by atoms with van der Waals surface area (Å²) in [4.78, 5) is 0. The standard InChI is InChI=1S/C9H16O2S2/c10-9(7-11-9)5-2-1-3-8-4-6-12-13-8/h8,10H,1-7H2. The van der Waals surface area contributed by atoms with Crippen molar-refractivity contribution < 1.29 is 9.84 Å². The molecule has 2 nitrogen and oxygen atoms in total. The van der Waals surface area contributed by atoms with Crippen molar-refractivity contribution in [2.24, 2.45) is 0 Å². The summed E-state index contributed by atoms with van der Waals surface area (Å²) in [7, 11) is 4.04. The van der Waals surface area contributed by atoms with Gasteiger partial charge in [0.1, 0.15) is 6.61 Å². The van der Waals surface area contributed by atoms with Gasteiger partial charge in [-0.15, -0.1) is 0 Å². The van der Waals surface area contributed by atoms with Crippen LogP contribution in [0, 0.1) is 0 Å². The van der Waals surface area contributed by atoms with Gasteiger partial charge in [-0.3, -0.25) is 0 Å². The van der Waals surface area contributed by atoms with Crippen molar-refractivity contribution in [1.29, 1.82) is 0 Å². The van der Waals surface area contributed by atoms with Gasteiger partial charge < -0.3 is 9.84 Å². The second-order valence-electron chi connectivity index (χ2n) is 3.81. The van der Waals surface area contributed by atoms with E-state index < -0.39 is 5.79 Å². The van der Waals surface area contributed by atoms with Crippen LogP contribution in [0.25, 0.3) is 0 Å². The Bertz CT molecular complexity index is 165. The van der Waals surface area contributed by atoms with E-state index in [1.54, 1.807) is 0 Å². The zero-order valence-corrected chi connectivity index (χ0v) is 9.33. The molecular weight excluding hydrogens is 204 g/mol. The molecule has 0 radical (unpaired) electrons. The minimum Gasteiger partial charge on any atom is -0.364 e. The third-order valence-corrected chi connectivity index (χ3v) is 5.56. The lowest BCUT2D eigenvalue weighted by atomic mass is 10.1. The maximum Gasteiger partial charge on any atom is 0.189 e. The molecule has 2 atom stereocenters. The highest BCUT2D eigenvalue weighted by Gasteiger charge is 2.41. The average molecular weight is 220 g/mol. The second kappa shape index (κ2) is 4.43. The number of hydrogen-bond acceptors (Lipinski definition) is 4. The summed E-state index contributed by atoms with van der Waals surface area (Å²) < 4.78 is 4.91. The van der Waals surface area contributed by atoms with Crippen LogP contribution in [0.1, 0.15) is 32.1 Å². The predicted octanol–water partition coefficient (Wildman–Crippen LogP) is 2.42. The van der Waals surface area contributed by atoms with Crippen LogP contribution in [-0.2, 0) is 4.74 Å². The van der Waals surface area contributed by atoms with Crippen LogP contribution in [0.2, 0.25) is 0 Å². The summed E-state index contributed by atoms with van der Waals surface area (Å²) in [6, 6.07) is 0. The van der Waals surface area contributed by atoms with Crippen molar-refractivity contribution in [3.63, 3.8) is 0 Å². The molecule has 0 aromatic rings. The molecule has 4 heteroatoms. The van der Waals surface area contributed by atoms with Crippen molar-refractivity contribution in [1.82, 2.24) is 0 Å². The molecule has 13 heavy (non-hydrogen) atoms. The molecule has 1 N–H and O–H groups in total. The zero-order chi connectivity index (χ0) is 9.15. The second-order valence-corrected chi connectivity index (χ2v) is 6.60. The van der Waals surface area contributed by atoms with Gasteiger partial charge in [-0.1, -0.05) is 28.0 Å². The molecule has 2 aliphatic heterocycles. The van der Waals surface area contributed by atoms with Crippen LogP contribution in [-0.4, -0.2) is 28.5 Å². The van der Waals surface area contributed by atoms with Crippen molar-refractivity contribution in [3.05, 3.63) is 0 Å². The lowest BCUT2D eigenvalue weighted by molar-refractivity contribution is 0.0266. The molecule has 0 bridgehead atoms. The minimum absolute atomic E-state index is 0.557. The Balaban J connectivity index is 1.48. The molecule has 0 aromatic heterocycles. The summed E-state index contributed by atoms with van der Waals surface area (Å²) in [5.41, 5.74) is 0. The molecule has 2 rings (SSSR count). The average Bonchev–Trinajstić information content (AvgIpc) is 2.69. The fraction of sp³-hybridized carbons (Fsp3) is 1.00. The normalized spacial score (nSPS) is 38.1. The molecule has 0 aliphatic carbocycles. The lowest BCUT2D eigenvalue weighted by Gasteiger charge is -2.07.